The van der Waals surface area contributed by atoms with Crippen molar-refractivity contribution >= 4 is 22.2 Å². The van der Waals surface area contributed by atoms with Crippen LogP contribution in [0.3, 0.4) is 0 Å². The van der Waals surface area contributed by atoms with E-state index in [4.69, 9.17) is 5.10 Å². The van der Waals surface area contributed by atoms with Crippen molar-refractivity contribution < 1.29 is 8.78 Å². The molecule has 34 heavy (non-hydrogen) atoms. The van der Waals surface area contributed by atoms with E-state index in [9.17, 15) is 4.39 Å². The maximum absolute atomic E-state index is 15.0. The Bertz CT molecular complexity index is 1300. The summed E-state index contributed by atoms with van der Waals surface area (Å²) in [6.45, 7) is 4.62. The van der Waals surface area contributed by atoms with E-state index in [0.29, 0.717) is 23.0 Å². The zero-order valence-electron chi connectivity index (χ0n) is 19.7. The maximum Gasteiger partial charge on any atom is 0.134 e. The van der Waals surface area contributed by atoms with Crippen LogP contribution in [0.4, 0.5) is 14.6 Å². The fourth-order valence-electron chi connectivity index (χ4n) is 4.77. The van der Waals surface area contributed by atoms with Gasteiger partial charge in [0.15, 0.2) is 0 Å². The first-order valence-corrected chi connectivity index (χ1v) is 12.2. The van der Waals surface area contributed by atoms with Gasteiger partial charge < -0.3 is 5.32 Å². The van der Waals surface area contributed by atoms with Crippen LogP contribution in [-0.2, 0) is 6.54 Å². The lowest BCUT2D eigenvalue weighted by atomic mass is 10.00. The van der Waals surface area contributed by atoms with E-state index < -0.39 is 0 Å². The molecule has 0 spiro atoms. The molecular formula is C28H30F2N4. The highest BCUT2D eigenvalue weighted by molar-refractivity contribution is 5.91. The zero-order chi connectivity index (χ0) is 23.7. The molecule has 0 amide bonds. The number of pyridine rings is 1. The molecule has 3 aromatic rings. The predicted molar refractivity (Wildman–Crippen MR) is 133 cm³/mol. The Morgan fingerprint density at radius 1 is 1.21 bits per heavy atom. The van der Waals surface area contributed by atoms with Crippen LogP contribution in [0.25, 0.3) is 16.3 Å². The van der Waals surface area contributed by atoms with Crippen molar-refractivity contribution in [2.24, 2.45) is 5.92 Å². The van der Waals surface area contributed by atoms with Crippen molar-refractivity contribution in [1.82, 2.24) is 14.8 Å². The summed E-state index contributed by atoms with van der Waals surface area (Å²) in [5.74, 6) is 0.635. The number of fused-ring (bicyclic) bond motifs is 2. The molecule has 2 aromatic heterocycles. The summed E-state index contributed by atoms with van der Waals surface area (Å²) in [5, 5.41) is 9.99. The Hall–Kier alpha value is -3.28. The molecule has 1 fully saturated rings. The Balaban J connectivity index is 1.51. The monoisotopic (exact) mass is 460 g/mol. The molecule has 4 nitrogen and oxygen atoms in total. The molecular weight excluding hydrogens is 430 g/mol. The number of anilines is 1. The van der Waals surface area contributed by atoms with Crippen LogP contribution in [-0.4, -0.2) is 14.8 Å². The van der Waals surface area contributed by atoms with E-state index in [-0.39, 0.29) is 17.7 Å². The topological polar surface area (TPSA) is 42.7 Å². The molecule has 1 unspecified atom stereocenters. The van der Waals surface area contributed by atoms with Crippen molar-refractivity contribution in [3.63, 3.8) is 0 Å². The molecule has 3 heterocycles. The first-order valence-electron chi connectivity index (χ1n) is 12.2. The van der Waals surface area contributed by atoms with Gasteiger partial charge in [-0.3, -0.25) is 4.68 Å². The molecule has 0 radical (unpaired) electrons. The van der Waals surface area contributed by atoms with E-state index in [1.165, 1.54) is 23.8 Å². The first-order chi connectivity index (χ1) is 16.6. The van der Waals surface area contributed by atoms with E-state index >= 15 is 4.39 Å². The minimum absolute atomic E-state index is 0.0413. The Morgan fingerprint density at radius 2 is 2.06 bits per heavy atom. The number of rotatable bonds is 7. The second-order valence-corrected chi connectivity index (χ2v) is 9.12. The quantitative estimate of drug-likeness (QED) is 0.371. The van der Waals surface area contributed by atoms with Crippen LogP contribution in [0.1, 0.15) is 63.4 Å². The highest BCUT2D eigenvalue weighted by atomic mass is 19.1. The van der Waals surface area contributed by atoms with Gasteiger partial charge in [0.05, 0.1) is 17.4 Å². The van der Waals surface area contributed by atoms with E-state index in [0.717, 1.165) is 55.1 Å². The van der Waals surface area contributed by atoms with Crippen LogP contribution in [0.15, 0.2) is 66.2 Å². The number of nitrogens with one attached hydrogen (secondary N) is 1. The molecule has 6 heteroatoms. The minimum Gasteiger partial charge on any atom is -0.361 e. The number of aromatic nitrogens is 3. The van der Waals surface area contributed by atoms with Crippen molar-refractivity contribution in [2.75, 3.05) is 5.32 Å². The average Bonchev–Trinajstić information content (AvgIpc) is 3.60. The summed E-state index contributed by atoms with van der Waals surface area (Å²) in [6, 6.07) is 8.56. The SMILES string of the molecule is C\C=C(F)/C(=C\C(=C\CC)C1CC1)c1cc2n(n1)CCCC2Nc1nccc2ccc(F)cc12. The number of hydrogen-bond donors (Lipinski definition) is 1. The highest BCUT2D eigenvalue weighted by Gasteiger charge is 2.28. The van der Waals surface area contributed by atoms with Gasteiger partial charge in [-0.1, -0.05) is 25.1 Å². The fraction of sp³-hybridized carbons (Fsp3) is 0.357. The number of nitrogens with zero attached hydrogens (tertiary/aromatic N) is 3. The van der Waals surface area contributed by atoms with Crippen LogP contribution >= 0.6 is 0 Å². The minimum atomic E-state index is -0.289. The molecule has 1 saturated carbocycles. The smallest absolute Gasteiger partial charge is 0.134 e. The predicted octanol–water partition coefficient (Wildman–Crippen LogP) is 7.52. The molecule has 176 valence electrons. The largest absolute Gasteiger partial charge is 0.361 e. The Labute approximate surface area is 199 Å². The standard InChI is InChI=1S/C28H30F2N4/c1-3-6-20(18-8-9-18)15-23(24(30)4-2)26-17-27-25(7-5-14-34(27)33-26)32-28-22-16-21(29)11-10-19(22)12-13-31-28/h4,6,10-13,15-18,25H,3,5,7-9,14H2,1-2H3,(H,31,32)/b20-6-,23-15+,24-4+. The van der Waals surface area contributed by atoms with Gasteiger partial charge in [-0.2, -0.15) is 5.10 Å². The lowest BCUT2D eigenvalue weighted by Gasteiger charge is -2.25. The number of aryl methyl sites for hydroxylation is 1. The van der Waals surface area contributed by atoms with Gasteiger partial charge in [-0.25, -0.2) is 13.8 Å². The summed E-state index contributed by atoms with van der Waals surface area (Å²) >= 11 is 0. The van der Waals surface area contributed by atoms with Crippen LogP contribution in [0.5, 0.6) is 0 Å². The zero-order valence-corrected chi connectivity index (χ0v) is 19.7. The second kappa shape index (κ2) is 9.53. The molecule has 1 aromatic carbocycles. The normalized spacial score (nSPS) is 19.4. The molecule has 1 aliphatic carbocycles. The van der Waals surface area contributed by atoms with Gasteiger partial charge >= 0.3 is 0 Å². The third-order valence-corrected chi connectivity index (χ3v) is 6.66. The fourth-order valence-corrected chi connectivity index (χ4v) is 4.77. The number of halogens is 2. The van der Waals surface area contributed by atoms with Gasteiger partial charge in [0, 0.05) is 23.7 Å². The van der Waals surface area contributed by atoms with Crippen LogP contribution in [0.2, 0.25) is 0 Å². The summed E-state index contributed by atoms with van der Waals surface area (Å²) in [7, 11) is 0. The lowest BCUT2D eigenvalue weighted by molar-refractivity contribution is 0.445. The number of hydrogen-bond acceptors (Lipinski definition) is 3. The molecule has 0 bridgehead atoms. The third-order valence-electron chi connectivity index (χ3n) is 6.66. The van der Waals surface area contributed by atoms with Crippen molar-refractivity contribution in [3.05, 3.63) is 83.4 Å². The Morgan fingerprint density at radius 3 is 2.82 bits per heavy atom. The molecule has 0 saturated heterocycles. The lowest BCUT2D eigenvalue weighted by Crippen LogP contribution is -2.22. The summed E-state index contributed by atoms with van der Waals surface area (Å²) in [5.41, 5.74) is 3.40. The third kappa shape index (κ3) is 4.54. The van der Waals surface area contributed by atoms with Gasteiger partial charge in [0.25, 0.3) is 0 Å². The van der Waals surface area contributed by atoms with Crippen molar-refractivity contribution in [1.29, 1.82) is 0 Å². The van der Waals surface area contributed by atoms with Gasteiger partial charge in [0.1, 0.15) is 17.5 Å². The van der Waals surface area contributed by atoms with Crippen LogP contribution < -0.4 is 5.32 Å². The second-order valence-electron chi connectivity index (χ2n) is 9.12. The molecule has 1 N–H and O–H groups in total. The highest BCUT2D eigenvalue weighted by Crippen LogP contribution is 2.40. The Kier molecular flexibility index (Phi) is 6.31. The molecule has 5 rings (SSSR count). The number of benzene rings is 1. The van der Waals surface area contributed by atoms with E-state index in [1.807, 2.05) is 22.9 Å². The molecule has 2 aliphatic rings. The number of allylic oxidation sites excluding steroid dienone is 6. The molecule has 1 atom stereocenters. The summed E-state index contributed by atoms with van der Waals surface area (Å²) in [6.07, 6.45) is 12.5. The average molecular weight is 461 g/mol. The van der Waals surface area contributed by atoms with Gasteiger partial charge in [0.2, 0.25) is 0 Å². The molecule has 1 aliphatic heterocycles. The van der Waals surface area contributed by atoms with Gasteiger partial charge in [-0.05, 0) is 86.2 Å². The first kappa shape index (κ1) is 22.5. The van der Waals surface area contributed by atoms with Crippen molar-refractivity contribution in [3.8, 4) is 0 Å². The van der Waals surface area contributed by atoms with Gasteiger partial charge in [-0.15, -0.1) is 0 Å². The van der Waals surface area contributed by atoms with Crippen molar-refractivity contribution in [2.45, 2.75) is 58.5 Å². The van der Waals surface area contributed by atoms with Crippen LogP contribution in [0, 0.1) is 11.7 Å². The summed E-state index contributed by atoms with van der Waals surface area (Å²) < 4.78 is 30.9. The maximum atomic E-state index is 15.0. The summed E-state index contributed by atoms with van der Waals surface area (Å²) in [4.78, 5) is 4.49. The van der Waals surface area contributed by atoms with E-state index in [2.05, 4.69) is 23.3 Å². The van der Waals surface area contributed by atoms with E-state index in [1.54, 1.807) is 19.2 Å².